The fourth-order valence-corrected chi connectivity index (χ4v) is 5.61. The number of piperazine rings is 1. The monoisotopic (exact) mass is 342 g/mol. The normalized spacial score (nSPS) is 27.9. The minimum Gasteiger partial charge on any atom is -0.480 e. The minimum absolute atomic E-state index is 0.0579. The number of fused-ring (bicyclic) bond motifs is 1. The standard InChI is InChI=1S/C14H22N4O4S/c1-11-2-3-18(15-11)7-6-16-4-5-17(8-14(19)20)13-10-23(21,22)9-12(13)16/h2-3,12-13H,4-10H2,1H3,(H,19,20)/t12-,13+/m0/s1. The van der Waals surface area contributed by atoms with Crippen LogP contribution in [0.5, 0.6) is 0 Å². The van der Waals surface area contributed by atoms with Gasteiger partial charge in [-0.15, -0.1) is 0 Å². The summed E-state index contributed by atoms with van der Waals surface area (Å²) in [6.07, 6.45) is 1.92. The summed E-state index contributed by atoms with van der Waals surface area (Å²) in [5.41, 5.74) is 0.956. The van der Waals surface area contributed by atoms with Crippen LogP contribution < -0.4 is 0 Å². The Balaban J connectivity index is 1.69. The predicted octanol–water partition coefficient (Wildman–Crippen LogP) is -0.941. The lowest BCUT2D eigenvalue weighted by Crippen LogP contribution is -2.60. The highest BCUT2D eigenvalue weighted by atomic mass is 32.2. The lowest BCUT2D eigenvalue weighted by atomic mass is 10.0. The number of hydrogen-bond acceptors (Lipinski definition) is 6. The van der Waals surface area contributed by atoms with Gasteiger partial charge < -0.3 is 5.11 Å². The minimum atomic E-state index is -3.11. The van der Waals surface area contributed by atoms with Gasteiger partial charge in [0, 0.05) is 37.9 Å². The molecule has 1 N–H and O–H groups in total. The Morgan fingerprint density at radius 1 is 1.26 bits per heavy atom. The highest BCUT2D eigenvalue weighted by Crippen LogP contribution is 2.26. The number of aryl methyl sites for hydroxylation is 1. The van der Waals surface area contributed by atoms with Gasteiger partial charge in [-0.1, -0.05) is 0 Å². The van der Waals surface area contributed by atoms with E-state index in [0.717, 1.165) is 12.2 Å². The zero-order valence-electron chi connectivity index (χ0n) is 13.1. The summed E-state index contributed by atoms with van der Waals surface area (Å²) in [6.45, 7) is 4.53. The van der Waals surface area contributed by atoms with Gasteiger partial charge in [-0.2, -0.15) is 5.10 Å². The van der Waals surface area contributed by atoms with Crippen molar-refractivity contribution in [1.82, 2.24) is 19.6 Å². The van der Waals surface area contributed by atoms with Gasteiger partial charge in [0.25, 0.3) is 0 Å². The molecule has 0 unspecified atom stereocenters. The zero-order chi connectivity index (χ0) is 16.6. The molecule has 0 amide bonds. The maximum atomic E-state index is 12.0. The Morgan fingerprint density at radius 2 is 1.91 bits per heavy atom. The number of nitrogens with zero attached hydrogens (tertiary/aromatic N) is 4. The van der Waals surface area contributed by atoms with E-state index in [1.165, 1.54) is 0 Å². The maximum Gasteiger partial charge on any atom is 0.317 e. The molecule has 0 aliphatic carbocycles. The Kier molecular flexibility index (Phi) is 4.43. The lowest BCUT2D eigenvalue weighted by Gasteiger charge is -2.43. The highest BCUT2D eigenvalue weighted by Gasteiger charge is 2.46. The molecule has 2 saturated heterocycles. The highest BCUT2D eigenvalue weighted by molar-refractivity contribution is 7.91. The predicted molar refractivity (Wildman–Crippen MR) is 84.0 cm³/mol. The van der Waals surface area contributed by atoms with Crippen LogP contribution in [0, 0.1) is 6.92 Å². The number of aromatic nitrogens is 2. The van der Waals surface area contributed by atoms with Gasteiger partial charge in [0.15, 0.2) is 9.84 Å². The van der Waals surface area contributed by atoms with Crippen molar-refractivity contribution < 1.29 is 18.3 Å². The zero-order valence-corrected chi connectivity index (χ0v) is 13.9. The number of hydrogen-bond donors (Lipinski definition) is 1. The van der Waals surface area contributed by atoms with E-state index < -0.39 is 15.8 Å². The van der Waals surface area contributed by atoms with Gasteiger partial charge in [0.05, 0.1) is 30.3 Å². The molecule has 0 spiro atoms. The fourth-order valence-electron chi connectivity index (χ4n) is 3.56. The summed E-state index contributed by atoms with van der Waals surface area (Å²) in [5.74, 6) is -0.734. The first-order valence-corrected chi connectivity index (χ1v) is 9.56. The van der Waals surface area contributed by atoms with Crippen LogP contribution in [0.1, 0.15) is 5.69 Å². The van der Waals surface area contributed by atoms with Gasteiger partial charge in [-0.05, 0) is 13.0 Å². The largest absolute Gasteiger partial charge is 0.480 e. The lowest BCUT2D eigenvalue weighted by molar-refractivity contribution is -0.139. The van der Waals surface area contributed by atoms with Gasteiger partial charge in [-0.3, -0.25) is 19.3 Å². The molecule has 9 heteroatoms. The average Bonchev–Trinajstić information content (AvgIpc) is 3.00. The van der Waals surface area contributed by atoms with Gasteiger partial charge >= 0.3 is 5.97 Å². The number of carboxylic acids is 1. The average molecular weight is 342 g/mol. The molecule has 3 heterocycles. The third-order valence-corrected chi connectivity index (χ3v) is 6.33. The molecule has 0 bridgehead atoms. The molecule has 23 heavy (non-hydrogen) atoms. The Labute approximate surface area is 135 Å². The van der Waals surface area contributed by atoms with E-state index >= 15 is 0 Å². The summed E-state index contributed by atoms with van der Waals surface area (Å²) in [5, 5.41) is 13.4. The Bertz CT molecular complexity index is 687. The summed E-state index contributed by atoms with van der Waals surface area (Å²) >= 11 is 0. The van der Waals surface area contributed by atoms with E-state index in [2.05, 4.69) is 10.00 Å². The van der Waals surface area contributed by atoms with Crippen LogP contribution in [-0.2, 0) is 21.2 Å². The number of rotatable bonds is 5. The van der Waals surface area contributed by atoms with Crippen molar-refractivity contribution in [1.29, 1.82) is 0 Å². The third-order valence-electron chi connectivity index (χ3n) is 4.63. The van der Waals surface area contributed by atoms with Gasteiger partial charge in [-0.25, -0.2) is 8.42 Å². The first kappa shape index (κ1) is 16.4. The van der Waals surface area contributed by atoms with Crippen molar-refractivity contribution in [2.75, 3.05) is 37.7 Å². The molecule has 0 aromatic carbocycles. The molecule has 3 rings (SSSR count). The number of sulfone groups is 1. The molecule has 2 aliphatic rings. The molecular formula is C14H22N4O4S. The van der Waals surface area contributed by atoms with Crippen LogP contribution in [0.25, 0.3) is 0 Å². The van der Waals surface area contributed by atoms with Gasteiger partial charge in [0.2, 0.25) is 0 Å². The molecule has 1 aromatic rings. The number of carboxylic acid groups (broad SMARTS) is 1. The van der Waals surface area contributed by atoms with Crippen LogP contribution in [0.2, 0.25) is 0 Å². The second-order valence-electron chi connectivity index (χ2n) is 6.33. The number of aliphatic carboxylic acids is 1. The van der Waals surface area contributed by atoms with E-state index in [1.807, 2.05) is 23.9 Å². The molecule has 2 fully saturated rings. The molecular weight excluding hydrogens is 320 g/mol. The van der Waals surface area contributed by atoms with E-state index in [1.54, 1.807) is 4.90 Å². The second-order valence-corrected chi connectivity index (χ2v) is 8.49. The van der Waals surface area contributed by atoms with E-state index in [9.17, 15) is 13.2 Å². The Hall–Kier alpha value is -1.45. The molecule has 2 aliphatic heterocycles. The van der Waals surface area contributed by atoms with Crippen LogP contribution >= 0.6 is 0 Å². The van der Waals surface area contributed by atoms with E-state index in [4.69, 9.17) is 5.11 Å². The first-order valence-electron chi connectivity index (χ1n) is 7.74. The molecule has 1 aromatic heterocycles. The fraction of sp³-hybridized carbons (Fsp3) is 0.714. The van der Waals surface area contributed by atoms with Crippen LogP contribution in [0.15, 0.2) is 12.3 Å². The van der Waals surface area contributed by atoms with Crippen molar-refractivity contribution in [3.05, 3.63) is 18.0 Å². The third kappa shape index (κ3) is 3.73. The molecule has 0 saturated carbocycles. The first-order chi connectivity index (χ1) is 10.8. The summed E-state index contributed by atoms with van der Waals surface area (Å²) in [4.78, 5) is 15.0. The summed E-state index contributed by atoms with van der Waals surface area (Å²) in [6, 6.07) is 1.60. The summed E-state index contributed by atoms with van der Waals surface area (Å²) < 4.78 is 25.9. The van der Waals surface area contributed by atoms with Crippen LogP contribution in [-0.4, -0.2) is 88.8 Å². The van der Waals surface area contributed by atoms with E-state index in [0.29, 0.717) is 19.6 Å². The van der Waals surface area contributed by atoms with Crippen LogP contribution in [0.4, 0.5) is 0 Å². The van der Waals surface area contributed by atoms with Crippen LogP contribution in [0.3, 0.4) is 0 Å². The van der Waals surface area contributed by atoms with Crippen molar-refractivity contribution in [3.8, 4) is 0 Å². The van der Waals surface area contributed by atoms with Crippen molar-refractivity contribution in [3.63, 3.8) is 0 Å². The van der Waals surface area contributed by atoms with Crippen molar-refractivity contribution in [2.45, 2.75) is 25.6 Å². The van der Waals surface area contributed by atoms with Crippen molar-refractivity contribution in [2.24, 2.45) is 0 Å². The number of carbonyl (C=O) groups is 1. The van der Waals surface area contributed by atoms with Crippen molar-refractivity contribution >= 4 is 15.8 Å². The van der Waals surface area contributed by atoms with E-state index in [-0.39, 0.29) is 30.1 Å². The topological polar surface area (TPSA) is 95.7 Å². The van der Waals surface area contributed by atoms with Gasteiger partial charge in [0.1, 0.15) is 0 Å². The quantitative estimate of drug-likeness (QED) is 0.738. The molecule has 8 nitrogen and oxygen atoms in total. The molecule has 128 valence electrons. The SMILES string of the molecule is Cc1ccn(CCN2CCN(CC(=O)O)[C@@H]3CS(=O)(=O)C[C@@H]32)n1. The Morgan fingerprint density at radius 3 is 2.52 bits per heavy atom. The smallest absolute Gasteiger partial charge is 0.317 e. The molecule has 2 atom stereocenters. The maximum absolute atomic E-state index is 12.0. The summed E-state index contributed by atoms with van der Waals surface area (Å²) in [7, 11) is -3.11. The molecule has 0 radical (unpaired) electrons. The second kappa shape index (κ2) is 6.21.